The van der Waals surface area contributed by atoms with Crippen LogP contribution < -0.4 is 5.32 Å². The van der Waals surface area contributed by atoms with Gasteiger partial charge in [0.25, 0.3) is 0 Å². The number of rotatable bonds is 23. The Hall–Kier alpha value is -2.32. The summed E-state index contributed by atoms with van der Waals surface area (Å²) in [5.41, 5.74) is 0. The van der Waals surface area contributed by atoms with Crippen LogP contribution in [0.5, 0.6) is 0 Å². The molecule has 13 nitrogen and oxygen atoms in total. The molecule has 1 rings (SSSR count). The third-order valence-electron chi connectivity index (χ3n) is 8.31. The molecule has 0 bridgehead atoms. The van der Waals surface area contributed by atoms with Crippen LogP contribution >= 0.6 is 0 Å². The number of carbonyl (C=O) groups is 4. The average Bonchev–Trinajstić information content (AvgIpc) is 2.97. The smallest absolute Gasteiger partial charge is 0.317 e. The summed E-state index contributed by atoms with van der Waals surface area (Å²) in [5, 5.41) is 31.1. The van der Waals surface area contributed by atoms with E-state index in [4.69, 9.17) is 0 Å². The number of carbonyl (C=O) groups excluding carboxylic acids is 1. The highest BCUT2D eigenvalue weighted by molar-refractivity contribution is 5.78. The summed E-state index contributed by atoms with van der Waals surface area (Å²) >= 11 is 0. The molecule has 0 spiro atoms. The van der Waals surface area contributed by atoms with E-state index < -0.39 is 17.9 Å². The molecule has 1 aliphatic heterocycles. The number of aliphatic carboxylic acids is 3. The van der Waals surface area contributed by atoms with Gasteiger partial charge in [0.15, 0.2) is 0 Å². The summed E-state index contributed by atoms with van der Waals surface area (Å²) in [4.78, 5) is 56.4. The minimum Gasteiger partial charge on any atom is -0.480 e. The second-order valence-electron chi connectivity index (χ2n) is 12.5. The van der Waals surface area contributed by atoms with Gasteiger partial charge in [-0.15, -0.1) is 0 Å². The van der Waals surface area contributed by atoms with Gasteiger partial charge in [0.1, 0.15) is 0 Å². The second kappa shape index (κ2) is 25.8. The Balaban J connectivity index is 2.48. The average molecular weight is 643 g/mol. The predicted molar refractivity (Wildman–Crippen MR) is 175 cm³/mol. The Morgan fingerprint density at radius 3 is 1.18 bits per heavy atom. The van der Waals surface area contributed by atoms with Gasteiger partial charge in [0.2, 0.25) is 5.91 Å². The van der Waals surface area contributed by atoms with Crippen LogP contribution in [-0.4, -0.2) is 162 Å². The lowest BCUT2D eigenvalue weighted by Gasteiger charge is -2.33. The highest BCUT2D eigenvalue weighted by atomic mass is 16.4. The summed E-state index contributed by atoms with van der Waals surface area (Å²) < 4.78 is 0. The Labute approximate surface area is 270 Å². The number of hydrogen-bond acceptors (Lipinski definition) is 9. The van der Waals surface area contributed by atoms with Gasteiger partial charge in [0, 0.05) is 52.4 Å². The highest BCUT2D eigenvalue weighted by Crippen LogP contribution is 2.12. The molecule has 0 unspecified atom stereocenters. The van der Waals surface area contributed by atoms with E-state index in [1.165, 1.54) is 70.6 Å². The summed E-state index contributed by atoms with van der Waals surface area (Å²) in [6.07, 6.45) is 15.6. The van der Waals surface area contributed by atoms with Crippen LogP contribution in [0.15, 0.2) is 0 Å². The van der Waals surface area contributed by atoms with Crippen molar-refractivity contribution in [2.45, 2.75) is 84.0 Å². The summed E-state index contributed by atoms with van der Waals surface area (Å²) in [6, 6.07) is 0. The van der Waals surface area contributed by atoms with Gasteiger partial charge in [-0.3, -0.25) is 43.7 Å². The van der Waals surface area contributed by atoms with Crippen molar-refractivity contribution in [3.05, 3.63) is 0 Å². The maximum atomic E-state index is 12.9. The van der Waals surface area contributed by atoms with Crippen molar-refractivity contribution < 1.29 is 34.5 Å². The van der Waals surface area contributed by atoms with Gasteiger partial charge in [-0.1, -0.05) is 77.6 Å². The summed E-state index contributed by atoms with van der Waals surface area (Å²) in [6.45, 7) is 6.16. The van der Waals surface area contributed by atoms with Crippen LogP contribution in [0.3, 0.4) is 0 Å². The molecule has 0 saturated carbocycles. The fourth-order valence-electron chi connectivity index (χ4n) is 5.57. The van der Waals surface area contributed by atoms with Crippen molar-refractivity contribution in [1.82, 2.24) is 29.8 Å². The van der Waals surface area contributed by atoms with E-state index in [1.807, 2.05) is 11.9 Å². The highest BCUT2D eigenvalue weighted by Gasteiger charge is 2.21. The summed E-state index contributed by atoms with van der Waals surface area (Å²) in [5.74, 6) is -3.07. The maximum Gasteiger partial charge on any atom is 0.317 e. The minimum absolute atomic E-state index is 0.124. The van der Waals surface area contributed by atoms with Crippen LogP contribution in [0.4, 0.5) is 0 Å². The number of carboxylic acids is 3. The number of carboxylic acid groups (broad SMARTS) is 3. The van der Waals surface area contributed by atoms with E-state index in [9.17, 15) is 34.5 Å². The van der Waals surface area contributed by atoms with Gasteiger partial charge in [-0.05, 0) is 20.0 Å². The molecule has 13 heteroatoms. The number of hydrogen-bond donors (Lipinski definition) is 4. The van der Waals surface area contributed by atoms with Crippen LogP contribution in [0.2, 0.25) is 0 Å². The Morgan fingerprint density at radius 2 is 0.844 bits per heavy atom. The molecule has 1 fully saturated rings. The zero-order valence-corrected chi connectivity index (χ0v) is 28.1. The second-order valence-corrected chi connectivity index (χ2v) is 12.5. The number of amides is 1. The van der Waals surface area contributed by atoms with E-state index in [0.717, 1.165) is 13.0 Å². The zero-order chi connectivity index (χ0) is 33.3. The molecule has 45 heavy (non-hydrogen) atoms. The Kier molecular flexibility index (Phi) is 23.4. The first-order valence-corrected chi connectivity index (χ1v) is 17.1. The van der Waals surface area contributed by atoms with Crippen LogP contribution in [0, 0.1) is 0 Å². The first kappa shape index (κ1) is 40.7. The van der Waals surface area contributed by atoms with Crippen molar-refractivity contribution in [1.29, 1.82) is 0 Å². The monoisotopic (exact) mass is 642 g/mol. The van der Waals surface area contributed by atoms with Crippen molar-refractivity contribution >= 4 is 23.8 Å². The van der Waals surface area contributed by atoms with Crippen molar-refractivity contribution in [3.8, 4) is 0 Å². The van der Waals surface area contributed by atoms with Crippen LogP contribution in [-0.2, 0) is 19.2 Å². The third-order valence-corrected chi connectivity index (χ3v) is 8.31. The largest absolute Gasteiger partial charge is 0.480 e. The van der Waals surface area contributed by atoms with E-state index in [-0.39, 0.29) is 32.1 Å². The molecular formula is C32H62N6O7. The van der Waals surface area contributed by atoms with Gasteiger partial charge in [0.05, 0.1) is 32.8 Å². The number of nitrogens with one attached hydrogen (secondary N) is 1. The SMILES string of the molecule is CCCCCCCCCCCCCCN(C)CNC(=O)CN1CCN(CC(=O)O)CCN(CC(=O)O)CCN(CC(=O)O)CC1. The van der Waals surface area contributed by atoms with E-state index in [0.29, 0.717) is 59.0 Å². The van der Waals surface area contributed by atoms with Crippen molar-refractivity contribution in [2.24, 2.45) is 0 Å². The first-order valence-electron chi connectivity index (χ1n) is 17.1. The zero-order valence-electron chi connectivity index (χ0n) is 28.1. The fraction of sp³-hybridized carbons (Fsp3) is 0.875. The Morgan fingerprint density at radius 1 is 0.533 bits per heavy atom. The predicted octanol–water partition coefficient (Wildman–Crippen LogP) is 2.17. The lowest BCUT2D eigenvalue weighted by atomic mass is 10.1. The molecule has 0 aromatic heterocycles. The lowest BCUT2D eigenvalue weighted by molar-refractivity contribution is -0.140. The molecule has 0 aromatic rings. The van der Waals surface area contributed by atoms with Gasteiger partial charge < -0.3 is 20.6 Å². The maximum absolute atomic E-state index is 12.9. The van der Waals surface area contributed by atoms with Gasteiger partial charge >= 0.3 is 17.9 Å². The molecule has 4 N–H and O–H groups in total. The van der Waals surface area contributed by atoms with Gasteiger partial charge in [-0.25, -0.2) is 0 Å². The number of unbranched alkanes of at least 4 members (excludes halogenated alkanes) is 11. The van der Waals surface area contributed by atoms with Crippen molar-refractivity contribution in [2.75, 3.05) is 98.8 Å². The van der Waals surface area contributed by atoms with Gasteiger partial charge in [-0.2, -0.15) is 0 Å². The van der Waals surface area contributed by atoms with E-state index in [1.54, 1.807) is 14.7 Å². The molecule has 1 amide bonds. The molecule has 0 radical (unpaired) electrons. The molecular weight excluding hydrogens is 580 g/mol. The molecule has 0 atom stereocenters. The first-order chi connectivity index (χ1) is 21.6. The van der Waals surface area contributed by atoms with E-state index in [2.05, 4.69) is 17.1 Å². The lowest BCUT2D eigenvalue weighted by Crippen LogP contribution is -2.50. The Bertz CT molecular complexity index is 802. The molecule has 262 valence electrons. The summed E-state index contributed by atoms with van der Waals surface area (Å²) in [7, 11) is 2.00. The van der Waals surface area contributed by atoms with Crippen LogP contribution in [0.1, 0.15) is 84.0 Å². The van der Waals surface area contributed by atoms with Crippen LogP contribution in [0.25, 0.3) is 0 Å². The number of nitrogens with zero attached hydrogens (tertiary/aromatic N) is 5. The quantitative estimate of drug-likeness (QED) is 0.0953. The standard InChI is InChI=1S/C32H62N6O7/c1-3-4-5-6-7-8-9-10-11-12-13-14-15-34(2)28-33-29(39)24-35-16-18-36(25-30(40)41)20-22-38(27-32(44)45)23-21-37(19-17-35)26-31(42)43/h3-28H2,1-2H3,(H,33,39)(H,40,41)(H,42,43)(H,44,45). The molecule has 0 aromatic carbocycles. The normalized spacial score (nSPS) is 16.7. The van der Waals surface area contributed by atoms with E-state index >= 15 is 0 Å². The third kappa shape index (κ3) is 23.6. The molecule has 1 saturated heterocycles. The molecule has 0 aliphatic carbocycles. The fourth-order valence-corrected chi connectivity index (χ4v) is 5.57. The van der Waals surface area contributed by atoms with Crippen molar-refractivity contribution in [3.63, 3.8) is 0 Å². The molecule has 1 aliphatic rings. The minimum atomic E-state index is -0.992. The molecule has 1 heterocycles. The topological polar surface area (TPSA) is 157 Å².